The first-order valence-corrected chi connectivity index (χ1v) is 9.76. The molecule has 0 aliphatic carbocycles. The van der Waals surface area contributed by atoms with Crippen molar-refractivity contribution in [3.8, 4) is 0 Å². The highest BCUT2D eigenvalue weighted by molar-refractivity contribution is 9.40. The molecule has 0 saturated heterocycles. The molecule has 0 heterocycles. The van der Waals surface area contributed by atoms with E-state index in [0.717, 1.165) is 12.8 Å². The molecule has 0 aliphatic rings. The fourth-order valence-corrected chi connectivity index (χ4v) is 1.95. The number of hydrogen-bond donors (Lipinski definition) is 2. The number of carbonyl (C=O) groups excluding carboxylic acids is 2. The molecule has 4 nitrogen and oxygen atoms in total. The van der Waals surface area contributed by atoms with Crippen LogP contribution in [0.2, 0.25) is 0 Å². The van der Waals surface area contributed by atoms with Crippen molar-refractivity contribution in [3.63, 3.8) is 0 Å². The average molecular weight is 595 g/mol. The lowest BCUT2D eigenvalue weighted by Crippen LogP contribution is -2.35. The van der Waals surface area contributed by atoms with Gasteiger partial charge in [-0.25, -0.2) is 0 Å². The van der Waals surface area contributed by atoms with E-state index in [1.807, 2.05) is 0 Å². The van der Waals surface area contributed by atoms with Gasteiger partial charge in [0.25, 0.3) is 5.91 Å². The molecular formula is C10H15Br5N2O2. The Balaban J connectivity index is 3.67. The minimum Gasteiger partial charge on any atom is -0.354 e. The lowest BCUT2D eigenvalue weighted by molar-refractivity contribution is -0.120. The molecule has 0 aromatic carbocycles. The summed E-state index contributed by atoms with van der Waals surface area (Å²) in [5.74, 6) is 0.110. The maximum Gasteiger partial charge on any atom is 0.258 e. The summed E-state index contributed by atoms with van der Waals surface area (Å²) in [5.41, 5.74) is 0. The van der Waals surface area contributed by atoms with Gasteiger partial charge in [-0.1, -0.05) is 38.8 Å². The Morgan fingerprint density at radius 2 is 1.74 bits per heavy atom. The van der Waals surface area contributed by atoms with Gasteiger partial charge in [0.05, 0.1) is 0 Å². The highest BCUT2D eigenvalue weighted by atomic mass is 80.0. The van der Waals surface area contributed by atoms with Gasteiger partial charge in [0.2, 0.25) is 8.05 Å². The number of alkyl halides is 5. The molecule has 0 rings (SSSR count). The molecule has 0 radical (unpaired) electrons. The van der Waals surface area contributed by atoms with E-state index in [0.29, 0.717) is 19.0 Å². The van der Waals surface area contributed by atoms with Crippen LogP contribution in [0.3, 0.4) is 0 Å². The van der Waals surface area contributed by atoms with Crippen LogP contribution in [0.1, 0.15) is 19.8 Å². The van der Waals surface area contributed by atoms with Crippen molar-refractivity contribution in [1.82, 2.24) is 10.6 Å². The van der Waals surface area contributed by atoms with E-state index >= 15 is 0 Å². The highest BCUT2D eigenvalue weighted by Gasteiger charge is 2.27. The zero-order valence-corrected chi connectivity index (χ0v) is 18.1. The molecule has 2 N–H and O–H groups in total. The van der Waals surface area contributed by atoms with Gasteiger partial charge >= 0.3 is 0 Å². The van der Waals surface area contributed by atoms with Crippen molar-refractivity contribution < 1.29 is 9.59 Å². The van der Waals surface area contributed by atoms with Crippen LogP contribution in [-0.4, -0.2) is 30.8 Å². The van der Waals surface area contributed by atoms with Crippen molar-refractivity contribution in [2.75, 3.05) is 13.1 Å². The van der Waals surface area contributed by atoms with Crippen molar-refractivity contribution >= 4 is 91.5 Å². The molecular weight excluding hydrogens is 580 g/mol. The zero-order valence-electron chi connectivity index (χ0n) is 10.2. The molecule has 19 heavy (non-hydrogen) atoms. The second-order valence-electron chi connectivity index (χ2n) is 4.05. The zero-order chi connectivity index (χ0) is 15.1. The van der Waals surface area contributed by atoms with Crippen LogP contribution < -0.4 is 10.6 Å². The third-order valence-corrected chi connectivity index (χ3v) is 4.15. The standard InChI is InChI=1S/C10H15Br5N2O2/c1-6(5-17-8(18)7(11)12)3-2-4-16-9(19)10(13,14)15/h6-7H,2-5H2,1H3,(H,16,19)(H,17,18). The Bertz CT molecular complexity index is 307. The normalized spacial score (nSPS) is 13.2. The number of nitrogens with one attached hydrogen (secondary N) is 2. The second-order valence-corrected chi connectivity index (χ2v) is 13.9. The molecule has 0 aromatic rings. The lowest BCUT2D eigenvalue weighted by Gasteiger charge is -2.15. The fraction of sp³-hybridized carbons (Fsp3) is 0.800. The van der Waals surface area contributed by atoms with Crippen LogP contribution in [0.15, 0.2) is 0 Å². The van der Waals surface area contributed by atoms with E-state index < -0.39 is 2.14 Å². The summed E-state index contributed by atoms with van der Waals surface area (Å²) in [5, 5.41) is 5.59. The van der Waals surface area contributed by atoms with Crippen molar-refractivity contribution in [3.05, 3.63) is 0 Å². The number of amides is 2. The predicted molar refractivity (Wildman–Crippen MR) is 95.6 cm³/mol. The van der Waals surface area contributed by atoms with E-state index in [9.17, 15) is 9.59 Å². The van der Waals surface area contributed by atoms with Crippen molar-refractivity contribution in [2.45, 2.75) is 25.6 Å². The molecule has 1 atom stereocenters. The summed E-state index contributed by atoms with van der Waals surface area (Å²) >= 11 is 15.7. The maximum atomic E-state index is 11.5. The predicted octanol–water partition coefficient (Wildman–Crippen LogP) is 3.59. The molecule has 0 aromatic heterocycles. The van der Waals surface area contributed by atoms with Crippen molar-refractivity contribution in [2.24, 2.45) is 5.92 Å². The molecule has 1 unspecified atom stereocenters. The van der Waals surface area contributed by atoms with Crippen molar-refractivity contribution in [1.29, 1.82) is 0 Å². The largest absolute Gasteiger partial charge is 0.354 e. The van der Waals surface area contributed by atoms with Gasteiger partial charge in [0, 0.05) is 13.1 Å². The Labute approximate surface area is 155 Å². The molecule has 0 bridgehead atoms. The smallest absolute Gasteiger partial charge is 0.258 e. The fourth-order valence-electron chi connectivity index (χ4n) is 1.21. The van der Waals surface area contributed by atoms with Gasteiger partial charge < -0.3 is 10.6 Å². The molecule has 2 amide bonds. The number of halogens is 5. The lowest BCUT2D eigenvalue weighted by atomic mass is 10.1. The van der Waals surface area contributed by atoms with Gasteiger partial charge in [-0.3, -0.25) is 9.59 Å². The van der Waals surface area contributed by atoms with Crippen LogP contribution >= 0.6 is 79.6 Å². The van der Waals surface area contributed by atoms with Gasteiger partial charge in [-0.05, 0) is 66.5 Å². The third kappa shape index (κ3) is 10.7. The number of rotatable bonds is 7. The van der Waals surface area contributed by atoms with Gasteiger partial charge in [-0.15, -0.1) is 0 Å². The number of hydrogen-bond acceptors (Lipinski definition) is 2. The highest BCUT2D eigenvalue weighted by Crippen LogP contribution is 2.33. The van der Waals surface area contributed by atoms with E-state index in [4.69, 9.17) is 0 Å². The van der Waals surface area contributed by atoms with Gasteiger partial charge in [0.1, 0.15) is 3.74 Å². The van der Waals surface area contributed by atoms with Crippen LogP contribution in [-0.2, 0) is 9.59 Å². The minimum atomic E-state index is -0.895. The molecule has 0 saturated carbocycles. The average Bonchev–Trinajstić information content (AvgIpc) is 2.29. The van der Waals surface area contributed by atoms with E-state index in [1.165, 1.54) is 0 Å². The SMILES string of the molecule is CC(CCCNC(=O)C(Br)(Br)Br)CNC(=O)C(Br)Br. The summed E-state index contributed by atoms with van der Waals surface area (Å²) < 4.78 is -1.25. The summed E-state index contributed by atoms with van der Waals surface area (Å²) in [6, 6.07) is 0. The molecule has 0 fully saturated rings. The first-order valence-electron chi connectivity index (χ1n) is 5.55. The van der Waals surface area contributed by atoms with E-state index in [-0.39, 0.29) is 15.6 Å². The summed E-state index contributed by atoms with van der Waals surface area (Å²) in [7, 11) is 0. The Morgan fingerprint density at radius 1 is 1.16 bits per heavy atom. The molecule has 0 spiro atoms. The van der Waals surface area contributed by atoms with E-state index in [1.54, 1.807) is 0 Å². The van der Waals surface area contributed by atoms with Crippen LogP contribution in [0.25, 0.3) is 0 Å². The Kier molecular flexibility index (Phi) is 10.8. The van der Waals surface area contributed by atoms with Gasteiger partial charge in [0.15, 0.2) is 0 Å². The quantitative estimate of drug-likeness (QED) is 0.350. The molecule has 112 valence electrons. The second kappa shape index (κ2) is 10.1. The first-order chi connectivity index (χ1) is 8.64. The van der Waals surface area contributed by atoms with Crippen LogP contribution in [0.5, 0.6) is 0 Å². The summed E-state index contributed by atoms with van der Waals surface area (Å²) in [4.78, 5) is 22.8. The van der Waals surface area contributed by atoms with Gasteiger partial charge in [-0.2, -0.15) is 0 Å². The summed E-state index contributed by atoms with van der Waals surface area (Å²) in [6.07, 6.45) is 1.79. The topological polar surface area (TPSA) is 58.2 Å². The summed E-state index contributed by atoms with van der Waals surface area (Å²) in [6.45, 7) is 3.28. The molecule has 9 heteroatoms. The Hall–Kier alpha value is 1.34. The first kappa shape index (κ1) is 20.3. The monoisotopic (exact) mass is 590 g/mol. The van der Waals surface area contributed by atoms with Crippen LogP contribution in [0.4, 0.5) is 0 Å². The minimum absolute atomic E-state index is 0.0807. The van der Waals surface area contributed by atoms with Crippen LogP contribution in [0, 0.1) is 5.92 Å². The third-order valence-electron chi connectivity index (χ3n) is 2.24. The Morgan fingerprint density at radius 3 is 2.21 bits per heavy atom. The van der Waals surface area contributed by atoms with E-state index in [2.05, 4.69) is 97.2 Å². The molecule has 0 aliphatic heterocycles. The number of carbonyl (C=O) groups is 2. The maximum absolute atomic E-state index is 11.5.